The Labute approximate surface area is 130 Å². The first-order valence-electron chi connectivity index (χ1n) is 7.70. The molecule has 0 spiro atoms. The van der Waals surface area contributed by atoms with E-state index in [0.717, 1.165) is 44.3 Å². The van der Waals surface area contributed by atoms with Gasteiger partial charge in [-0.3, -0.25) is 4.79 Å². The summed E-state index contributed by atoms with van der Waals surface area (Å²) in [7, 11) is 0. The standard InChI is InChI=1S/C15H22N4OS/c20-14(11-13-3-1-10-21-12-13)18-6-8-19(9-7-18)15-16-4-2-5-17-15/h2,4-5,13H,1,3,6-12H2. The van der Waals surface area contributed by atoms with Crippen LogP contribution in [-0.2, 0) is 4.79 Å². The summed E-state index contributed by atoms with van der Waals surface area (Å²) in [5.74, 6) is 4.11. The summed E-state index contributed by atoms with van der Waals surface area (Å²) < 4.78 is 0. The van der Waals surface area contributed by atoms with Crippen LogP contribution in [-0.4, -0.2) is 58.5 Å². The predicted molar refractivity (Wildman–Crippen MR) is 85.5 cm³/mol. The highest BCUT2D eigenvalue weighted by Gasteiger charge is 2.25. The lowest BCUT2D eigenvalue weighted by Crippen LogP contribution is -2.49. The van der Waals surface area contributed by atoms with Gasteiger partial charge in [-0.2, -0.15) is 11.8 Å². The molecule has 1 atom stereocenters. The Morgan fingerprint density at radius 3 is 2.67 bits per heavy atom. The Balaban J connectivity index is 1.47. The third kappa shape index (κ3) is 3.87. The molecule has 0 N–H and O–H groups in total. The van der Waals surface area contributed by atoms with Gasteiger partial charge in [-0.25, -0.2) is 9.97 Å². The third-order valence-corrected chi connectivity index (χ3v) is 5.47. The summed E-state index contributed by atoms with van der Waals surface area (Å²) >= 11 is 1.99. The van der Waals surface area contributed by atoms with Crippen molar-refractivity contribution in [1.29, 1.82) is 0 Å². The number of amides is 1. The van der Waals surface area contributed by atoms with Gasteiger partial charge in [-0.1, -0.05) is 0 Å². The zero-order valence-electron chi connectivity index (χ0n) is 12.3. The predicted octanol–water partition coefficient (Wildman–Crippen LogP) is 1.66. The molecule has 6 heteroatoms. The van der Waals surface area contributed by atoms with Crippen LogP contribution < -0.4 is 4.90 Å². The number of aromatic nitrogens is 2. The highest BCUT2D eigenvalue weighted by Crippen LogP contribution is 2.25. The molecule has 2 saturated heterocycles. The molecule has 0 radical (unpaired) electrons. The Hall–Kier alpha value is -1.30. The Morgan fingerprint density at radius 1 is 1.24 bits per heavy atom. The van der Waals surface area contributed by atoms with Crippen molar-refractivity contribution in [2.45, 2.75) is 19.3 Å². The van der Waals surface area contributed by atoms with Crippen molar-refractivity contribution >= 4 is 23.6 Å². The van der Waals surface area contributed by atoms with Crippen LogP contribution in [0.1, 0.15) is 19.3 Å². The van der Waals surface area contributed by atoms with Gasteiger partial charge in [0.05, 0.1) is 0 Å². The fraction of sp³-hybridized carbons (Fsp3) is 0.667. The van der Waals surface area contributed by atoms with Gasteiger partial charge in [0.25, 0.3) is 0 Å². The maximum atomic E-state index is 12.4. The number of anilines is 1. The van der Waals surface area contributed by atoms with E-state index in [2.05, 4.69) is 14.9 Å². The van der Waals surface area contributed by atoms with Crippen molar-refractivity contribution in [3.63, 3.8) is 0 Å². The molecule has 1 aromatic heterocycles. The average molecular weight is 306 g/mol. The first-order valence-corrected chi connectivity index (χ1v) is 8.86. The van der Waals surface area contributed by atoms with E-state index in [-0.39, 0.29) is 0 Å². The summed E-state index contributed by atoms with van der Waals surface area (Å²) in [6.07, 6.45) is 6.74. The highest BCUT2D eigenvalue weighted by atomic mass is 32.2. The second-order valence-electron chi connectivity index (χ2n) is 5.70. The molecule has 2 aliphatic rings. The van der Waals surface area contributed by atoms with Gasteiger partial charge >= 0.3 is 0 Å². The van der Waals surface area contributed by atoms with Crippen molar-refractivity contribution in [3.05, 3.63) is 18.5 Å². The van der Waals surface area contributed by atoms with Crippen molar-refractivity contribution in [2.24, 2.45) is 5.92 Å². The molecule has 1 amide bonds. The number of thioether (sulfide) groups is 1. The molecule has 1 unspecified atom stereocenters. The smallest absolute Gasteiger partial charge is 0.225 e. The monoisotopic (exact) mass is 306 g/mol. The minimum absolute atomic E-state index is 0.330. The number of hydrogen-bond donors (Lipinski definition) is 0. The number of carbonyl (C=O) groups is 1. The van der Waals surface area contributed by atoms with E-state index in [1.807, 2.05) is 22.7 Å². The van der Waals surface area contributed by atoms with E-state index < -0.39 is 0 Å². The minimum atomic E-state index is 0.330. The van der Waals surface area contributed by atoms with Crippen molar-refractivity contribution in [1.82, 2.24) is 14.9 Å². The van der Waals surface area contributed by atoms with Gasteiger partial charge in [0, 0.05) is 45.0 Å². The molecular formula is C15H22N4OS. The van der Waals surface area contributed by atoms with Crippen LogP contribution in [0.3, 0.4) is 0 Å². The maximum Gasteiger partial charge on any atom is 0.225 e. The lowest BCUT2D eigenvalue weighted by Gasteiger charge is -2.35. The van der Waals surface area contributed by atoms with E-state index in [1.54, 1.807) is 12.4 Å². The molecule has 3 heterocycles. The van der Waals surface area contributed by atoms with E-state index in [9.17, 15) is 4.79 Å². The number of carbonyl (C=O) groups excluding carboxylic acids is 1. The third-order valence-electron chi connectivity index (χ3n) is 4.19. The van der Waals surface area contributed by atoms with Gasteiger partial charge in [-0.15, -0.1) is 0 Å². The molecule has 1 aromatic rings. The zero-order valence-corrected chi connectivity index (χ0v) is 13.1. The molecular weight excluding hydrogens is 284 g/mol. The lowest BCUT2D eigenvalue weighted by atomic mass is 10.0. The molecule has 2 aliphatic heterocycles. The summed E-state index contributed by atoms with van der Waals surface area (Å²) in [4.78, 5) is 25.1. The first kappa shape index (κ1) is 14.6. The van der Waals surface area contributed by atoms with Crippen LogP contribution >= 0.6 is 11.8 Å². The maximum absolute atomic E-state index is 12.4. The Bertz CT molecular complexity index is 456. The molecule has 2 fully saturated rings. The summed E-state index contributed by atoms with van der Waals surface area (Å²) in [6, 6.07) is 1.82. The fourth-order valence-corrected chi connectivity index (χ4v) is 4.11. The number of hydrogen-bond acceptors (Lipinski definition) is 5. The normalized spacial score (nSPS) is 23.1. The first-order chi connectivity index (χ1) is 10.3. The molecule has 0 saturated carbocycles. The van der Waals surface area contributed by atoms with E-state index >= 15 is 0 Å². The molecule has 5 nitrogen and oxygen atoms in total. The molecule has 0 bridgehead atoms. The van der Waals surface area contributed by atoms with Crippen LogP contribution in [0.15, 0.2) is 18.5 Å². The summed E-state index contributed by atoms with van der Waals surface area (Å²) in [5.41, 5.74) is 0. The van der Waals surface area contributed by atoms with Gasteiger partial charge in [0.1, 0.15) is 0 Å². The number of rotatable bonds is 3. The van der Waals surface area contributed by atoms with Gasteiger partial charge in [0.2, 0.25) is 11.9 Å². The van der Waals surface area contributed by atoms with Gasteiger partial charge < -0.3 is 9.80 Å². The van der Waals surface area contributed by atoms with Crippen LogP contribution in [0, 0.1) is 5.92 Å². The molecule has 21 heavy (non-hydrogen) atoms. The molecule has 114 valence electrons. The van der Waals surface area contributed by atoms with Crippen LogP contribution in [0.5, 0.6) is 0 Å². The second-order valence-corrected chi connectivity index (χ2v) is 6.85. The second kappa shape index (κ2) is 7.11. The topological polar surface area (TPSA) is 49.3 Å². The van der Waals surface area contributed by atoms with Crippen LogP contribution in [0.25, 0.3) is 0 Å². The van der Waals surface area contributed by atoms with Gasteiger partial charge in [-0.05, 0) is 36.3 Å². The van der Waals surface area contributed by atoms with Crippen molar-refractivity contribution < 1.29 is 4.79 Å². The Morgan fingerprint density at radius 2 is 2.00 bits per heavy atom. The van der Waals surface area contributed by atoms with Crippen molar-refractivity contribution in [2.75, 3.05) is 42.6 Å². The van der Waals surface area contributed by atoms with Gasteiger partial charge in [0.15, 0.2) is 0 Å². The average Bonchev–Trinajstić information content (AvgIpc) is 2.57. The number of nitrogens with zero attached hydrogens (tertiary/aromatic N) is 4. The number of piperazine rings is 1. The van der Waals surface area contributed by atoms with E-state index in [0.29, 0.717) is 11.8 Å². The quantitative estimate of drug-likeness (QED) is 0.850. The lowest BCUT2D eigenvalue weighted by molar-refractivity contribution is -0.132. The Kier molecular flexibility index (Phi) is 4.95. The molecule has 3 rings (SSSR count). The minimum Gasteiger partial charge on any atom is -0.339 e. The summed E-state index contributed by atoms with van der Waals surface area (Å²) in [6.45, 7) is 3.23. The summed E-state index contributed by atoms with van der Waals surface area (Å²) in [5, 5.41) is 0. The van der Waals surface area contributed by atoms with Crippen molar-refractivity contribution in [3.8, 4) is 0 Å². The molecule has 0 aliphatic carbocycles. The van der Waals surface area contributed by atoms with E-state index in [4.69, 9.17) is 0 Å². The largest absolute Gasteiger partial charge is 0.339 e. The van der Waals surface area contributed by atoms with Crippen LogP contribution in [0.4, 0.5) is 5.95 Å². The van der Waals surface area contributed by atoms with E-state index in [1.165, 1.54) is 18.6 Å². The van der Waals surface area contributed by atoms with Crippen LogP contribution in [0.2, 0.25) is 0 Å². The zero-order chi connectivity index (χ0) is 14.5. The highest BCUT2D eigenvalue weighted by molar-refractivity contribution is 7.99. The molecule has 0 aromatic carbocycles. The SMILES string of the molecule is O=C(CC1CCCSC1)N1CCN(c2ncccn2)CC1. The fourth-order valence-electron chi connectivity index (χ4n) is 2.95.